The molecule has 1 fully saturated rings. The molecule has 196 valence electrons. The maximum absolute atomic E-state index is 13.5. The van der Waals surface area contributed by atoms with Crippen LogP contribution in [0.15, 0.2) is 72.3 Å². The van der Waals surface area contributed by atoms with Crippen LogP contribution in [0, 0.1) is 0 Å². The molecule has 7 nitrogen and oxygen atoms in total. The highest BCUT2D eigenvalue weighted by Gasteiger charge is 2.47. The number of Topliss-reactive ketones (excluding diaryl/α,β-unsaturated/α-hetero) is 1. The van der Waals surface area contributed by atoms with Gasteiger partial charge in [0, 0.05) is 18.3 Å². The Morgan fingerprint density at radius 2 is 1.76 bits per heavy atom. The van der Waals surface area contributed by atoms with Gasteiger partial charge in [-0.25, -0.2) is 0 Å². The average Bonchev–Trinajstić information content (AvgIpc) is 3.18. The number of hydrogen-bond acceptors (Lipinski definition) is 6. The van der Waals surface area contributed by atoms with E-state index in [9.17, 15) is 14.7 Å². The highest BCUT2D eigenvalue weighted by Crippen LogP contribution is 2.44. The summed E-state index contributed by atoms with van der Waals surface area (Å²) in [6, 6.07) is 19.3. The van der Waals surface area contributed by atoms with Gasteiger partial charge in [0.1, 0.15) is 23.9 Å². The summed E-state index contributed by atoms with van der Waals surface area (Å²) in [6.07, 6.45) is 0. The van der Waals surface area contributed by atoms with E-state index in [1.54, 1.807) is 37.4 Å². The quantitative estimate of drug-likeness (QED) is 0.285. The Morgan fingerprint density at radius 1 is 1.03 bits per heavy atom. The van der Waals surface area contributed by atoms with E-state index in [-0.39, 0.29) is 16.7 Å². The SMILES string of the molecule is COc1cccc(C2/C(=C(/O)c3ccc4c(c3)N(C)CCO4)C(=O)C(=O)N2c2ccc(C(C)(C)C)cc2)c1. The van der Waals surface area contributed by atoms with Crippen molar-refractivity contribution in [1.82, 2.24) is 0 Å². The lowest BCUT2D eigenvalue weighted by molar-refractivity contribution is -0.132. The Kier molecular flexibility index (Phi) is 6.39. The third kappa shape index (κ3) is 4.38. The molecule has 0 spiro atoms. The van der Waals surface area contributed by atoms with Crippen LogP contribution in [0.1, 0.15) is 43.5 Å². The number of anilines is 2. The van der Waals surface area contributed by atoms with E-state index in [1.807, 2.05) is 48.3 Å². The molecule has 2 heterocycles. The van der Waals surface area contributed by atoms with Crippen molar-refractivity contribution >= 4 is 28.8 Å². The third-order valence-corrected chi connectivity index (χ3v) is 7.19. The molecule has 7 heteroatoms. The predicted octanol–water partition coefficient (Wildman–Crippen LogP) is 5.45. The van der Waals surface area contributed by atoms with Gasteiger partial charge in [-0.15, -0.1) is 0 Å². The minimum absolute atomic E-state index is 0.0301. The van der Waals surface area contributed by atoms with Gasteiger partial charge >= 0.3 is 0 Å². The van der Waals surface area contributed by atoms with Gasteiger partial charge in [-0.2, -0.15) is 0 Å². The van der Waals surface area contributed by atoms with Crippen LogP contribution in [0.25, 0.3) is 5.76 Å². The maximum atomic E-state index is 13.5. The van der Waals surface area contributed by atoms with Gasteiger partial charge in [0.25, 0.3) is 11.7 Å². The molecule has 5 rings (SSSR count). The van der Waals surface area contributed by atoms with Gasteiger partial charge in [0.2, 0.25) is 0 Å². The van der Waals surface area contributed by atoms with Gasteiger partial charge in [-0.3, -0.25) is 14.5 Å². The first kappa shape index (κ1) is 25.4. The maximum Gasteiger partial charge on any atom is 0.300 e. The van der Waals surface area contributed by atoms with E-state index in [2.05, 4.69) is 20.8 Å². The molecule has 0 bridgehead atoms. The fourth-order valence-corrected chi connectivity index (χ4v) is 5.00. The summed E-state index contributed by atoms with van der Waals surface area (Å²) in [4.78, 5) is 30.6. The van der Waals surface area contributed by atoms with Crippen LogP contribution < -0.4 is 19.3 Å². The number of carbonyl (C=O) groups is 2. The van der Waals surface area contributed by atoms with Crippen LogP contribution in [0.4, 0.5) is 11.4 Å². The molecule has 0 radical (unpaired) electrons. The Balaban J connectivity index is 1.68. The number of nitrogens with zero attached hydrogens (tertiary/aromatic N) is 2. The molecule has 1 N–H and O–H groups in total. The van der Waals surface area contributed by atoms with Crippen LogP contribution in [0.2, 0.25) is 0 Å². The lowest BCUT2D eigenvalue weighted by Crippen LogP contribution is -2.29. The summed E-state index contributed by atoms with van der Waals surface area (Å²) in [5, 5.41) is 11.6. The first-order valence-corrected chi connectivity index (χ1v) is 12.6. The van der Waals surface area contributed by atoms with Crippen LogP contribution >= 0.6 is 0 Å². The molecule has 2 aliphatic heterocycles. The number of methoxy groups -OCH3 is 1. The molecule has 3 aromatic carbocycles. The van der Waals surface area contributed by atoms with Crippen molar-refractivity contribution in [1.29, 1.82) is 0 Å². The van der Waals surface area contributed by atoms with Crippen LogP contribution in [0.3, 0.4) is 0 Å². The molecule has 1 atom stereocenters. The molecule has 3 aromatic rings. The van der Waals surface area contributed by atoms with Crippen molar-refractivity contribution in [2.24, 2.45) is 0 Å². The van der Waals surface area contributed by atoms with Crippen LogP contribution in [0.5, 0.6) is 11.5 Å². The van der Waals surface area contributed by atoms with E-state index in [0.717, 1.165) is 11.3 Å². The third-order valence-electron chi connectivity index (χ3n) is 7.19. The number of likely N-dealkylation sites (N-methyl/N-ethyl adjacent to an activating group) is 1. The number of aliphatic hydroxyl groups excluding tert-OH is 1. The number of aliphatic hydroxyl groups is 1. The topological polar surface area (TPSA) is 79.3 Å². The van der Waals surface area contributed by atoms with Gasteiger partial charge in [-0.05, 0) is 59.0 Å². The molecule has 38 heavy (non-hydrogen) atoms. The highest BCUT2D eigenvalue weighted by molar-refractivity contribution is 6.51. The second-order valence-corrected chi connectivity index (χ2v) is 10.7. The van der Waals surface area contributed by atoms with E-state index in [0.29, 0.717) is 41.5 Å². The monoisotopic (exact) mass is 512 g/mol. The van der Waals surface area contributed by atoms with Crippen molar-refractivity contribution in [3.8, 4) is 11.5 Å². The Morgan fingerprint density at radius 3 is 2.45 bits per heavy atom. The number of fused-ring (bicyclic) bond motifs is 1. The normalized spacial score (nSPS) is 18.8. The average molecular weight is 513 g/mol. The zero-order chi connectivity index (χ0) is 27.2. The number of ether oxygens (including phenoxy) is 2. The Hall–Kier alpha value is -4.26. The standard InChI is InChI=1S/C31H32N2O5/c1-31(2,3)21-10-12-22(13-11-21)33-27(19-7-6-8-23(17-19)37-5)26(29(35)30(33)36)28(34)20-9-14-25-24(18-20)32(4)15-16-38-25/h6-14,17-18,27,34H,15-16H2,1-5H3/b28-26-. The van der Waals surface area contributed by atoms with Crippen molar-refractivity contribution in [3.05, 3.63) is 89.0 Å². The highest BCUT2D eigenvalue weighted by atomic mass is 16.5. The molecular formula is C31H32N2O5. The lowest BCUT2D eigenvalue weighted by atomic mass is 9.87. The summed E-state index contributed by atoms with van der Waals surface area (Å²) in [5.41, 5.74) is 3.55. The van der Waals surface area contributed by atoms with E-state index >= 15 is 0 Å². The molecule has 0 saturated carbocycles. The minimum atomic E-state index is -0.837. The minimum Gasteiger partial charge on any atom is -0.507 e. The fraction of sp³-hybridized carbons (Fsp3) is 0.290. The van der Waals surface area contributed by atoms with Gasteiger partial charge in [0.05, 0.1) is 31.0 Å². The predicted molar refractivity (Wildman–Crippen MR) is 148 cm³/mol. The van der Waals surface area contributed by atoms with Crippen molar-refractivity contribution in [3.63, 3.8) is 0 Å². The van der Waals surface area contributed by atoms with Crippen molar-refractivity contribution in [2.75, 3.05) is 37.1 Å². The smallest absolute Gasteiger partial charge is 0.300 e. The Bertz CT molecular complexity index is 1440. The van der Waals surface area contributed by atoms with Gasteiger partial charge < -0.3 is 19.5 Å². The summed E-state index contributed by atoms with van der Waals surface area (Å²) in [5.74, 6) is -0.367. The molecule has 2 aliphatic rings. The lowest BCUT2D eigenvalue weighted by Gasteiger charge is -2.28. The number of rotatable bonds is 4. The number of amides is 1. The van der Waals surface area contributed by atoms with Crippen molar-refractivity contribution in [2.45, 2.75) is 32.2 Å². The second kappa shape index (κ2) is 9.56. The number of ketones is 1. The van der Waals surface area contributed by atoms with Crippen molar-refractivity contribution < 1.29 is 24.2 Å². The van der Waals surface area contributed by atoms with E-state index in [1.165, 1.54) is 4.90 Å². The first-order chi connectivity index (χ1) is 18.1. The first-order valence-electron chi connectivity index (χ1n) is 12.6. The molecule has 1 saturated heterocycles. The summed E-state index contributed by atoms with van der Waals surface area (Å²) >= 11 is 0. The summed E-state index contributed by atoms with van der Waals surface area (Å²) in [6.45, 7) is 7.63. The van der Waals surface area contributed by atoms with Gasteiger partial charge in [0.15, 0.2) is 0 Å². The van der Waals surface area contributed by atoms with Crippen LogP contribution in [-0.4, -0.2) is 44.1 Å². The number of benzene rings is 3. The molecular weight excluding hydrogens is 480 g/mol. The Labute approximate surface area is 222 Å². The largest absolute Gasteiger partial charge is 0.507 e. The van der Waals surface area contributed by atoms with E-state index in [4.69, 9.17) is 9.47 Å². The summed E-state index contributed by atoms with van der Waals surface area (Å²) in [7, 11) is 3.51. The molecule has 0 aliphatic carbocycles. The second-order valence-electron chi connectivity index (χ2n) is 10.7. The molecule has 1 unspecified atom stereocenters. The number of hydrogen-bond donors (Lipinski definition) is 1. The zero-order valence-corrected chi connectivity index (χ0v) is 22.3. The molecule has 1 amide bonds. The zero-order valence-electron chi connectivity index (χ0n) is 22.3. The van der Waals surface area contributed by atoms with E-state index < -0.39 is 17.7 Å². The van der Waals surface area contributed by atoms with Gasteiger partial charge in [-0.1, -0.05) is 45.0 Å². The number of carbonyl (C=O) groups excluding carboxylic acids is 2. The fourth-order valence-electron chi connectivity index (χ4n) is 5.00. The van der Waals surface area contributed by atoms with Crippen LogP contribution in [-0.2, 0) is 15.0 Å². The molecule has 0 aromatic heterocycles. The summed E-state index contributed by atoms with van der Waals surface area (Å²) < 4.78 is 11.2.